The molecule has 0 saturated heterocycles. The van der Waals surface area contributed by atoms with E-state index in [9.17, 15) is 0 Å². The van der Waals surface area contributed by atoms with Crippen molar-refractivity contribution in [1.29, 1.82) is 0 Å². The van der Waals surface area contributed by atoms with Crippen molar-refractivity contribution in [3.05, 3.63) is 18.7 Å². The molecule has 1 atom stereocenters. The lowest BCUT2D eigenvalue weighted by Crippen LogP contribution is -2.43. The van der Waals surface area contributed by atoms with Crippen LogP contribution in [0.2, 0.25) is 0 Å². The highest BCUT2D eigenvalue weighted by Crippen LogP contribution is 1.90. The molecule has 0 fully saturated rings. The zero-order valence-corrected chi connectivity index (χ0v) is 8.56. The summed E-state index contributed by atoms with van der Waals surface area (Å²) < 4.78 is 2.05. The second kappa shape index (κ2) is 4.79. The normalized spacial score (nSPS) is 19.8. The number of aryl methyl sites for hydroxylation is 1. The molecule has 1 aliphatic rings. The van der Waals surface area contributed by atoms with E-state index in [1.807, 2.05) is 12.5 Å². The molecule has 0 amide bonds. The maximum atomic E-state index is 5.63. The van der Waals surface area contributed by atoms with Gasteiger partial charge in [0.2, 0.25) is 0 Å². The fourth-order valence-electron chi connectivity index (χ4n) is 1.45. The van der Waals surface area contributed by atoms with Crippen LogP contribution in [0.1, 0.15) is 6.42 Å². The van der Waals surface area contributed by atoms with Crippen molar-refractivity contribution in [1.82, 2.24) is 20.2 Å². The number of aliphatic imine (C=N–C) groups is 1. The van der Waals surface area contributed by atoms with Crippen LogP contribution in [-0.2, 0) is 6.54 Å². The highest BCUT2D eigenvalue weighted by atomic mass is 15.3. The number of hydrogen-bond donors (Lipinski definition) is 3. The highest BCUT2D eigenvalue weighted by Gasteiger charge is 2.11. The van der Waals surface area contributed by atoms with E-state index in [-0.39, 0.29) is 6.17 Å². The summed E-state index contributed by atoms with van der Waals surface area (Å²) in [6, 6.07) is 0. The number of rotatable bonds is 4. The van der Waals surface area contributed by atoms with Gasteiger partial charge in [0.25, 0.3) is 0 Å². The molecule has 6 nitrogen and oxygen atoms in total. The van der Waals surface area contributed by atoms with Crippen LogP contribution in [0.3, 0.4) is 0 Å². The average Bonchev–Trinajstić information content (AvgIpc) is 2.84. The summed E-state index contributed by atoms with van der Waals surface area (Å²) in [5.41, 5.74) is 5.63. The zero-order chi connectivity index (χ0) is 10.5. The molecule has 0 saturated carbocycles. The summed E-state index contributed by atoms with van der Waals surface area (Å²) >= 11 is 0. The predicted molar refractivity (Wildman–Crippen MR) is 58.3 cm³/mol. The van der Waals surface area contributed by atoms with Crippen LogP contribution in [0.4, 0.5) is 0 Å². The minimum absolute atomic E-state index is 0.0267. The second-order valence-corrected chi connectivity index (χ2v) is 3.52. The zero-order valence-electron chi connectivity index (χ0n) is 8.56. The van der Waals surface area contributed by atoms with Crippen molar-refractivity contribution < 1.29 is 0 Å². The lowest BCUT2D eigenvalue weighted by molar-refractivity contribution is 0.622. The molecular formula is C9H16N6. The maximum absolute atomic E-state index is 5.63. The van der Waals surface area contributed by atoms with E-state index in [0.29, 0.717) is 6.54 Å². The van der Waals surface area contributed by atoms with Gasteiger partial charge in [-0.3, -0.25) is 0 Å². The largest absolute Gasteiger partial charge is 0.356 e. The van der Waals surface area contributed by atoms with Crippen LogP contribution >= 0.6 is 0 Å². The number of imidazole rings is 1. The van der Waals surface area contributed by atoms with E-state index in [1.54, 1.807) is 6.20 Å². The second-order valence-electron chi connectivity index (χ2n) is 3.52. The fourth-order valence-corrected chi connectivity index (χ4v) is 1.45. The Kier molecular flexibility index (Phi) is 3.18. The van der Waals surface area contributed by atoms with Gasteiger partial charge in [0.15, 0.2) is 5.96 Å². The molecule has 0 aliphatic carbocycles. The molecule has 1 aromatic heterocycles. The van der Waals surface area contributed by atoms with Crippen molar-refractivity contribution in [3.8, 4) is 0 Å². The summed E-state index contributed by atoms with van der Waals surface area (Å²) in [5.74, 6) is 0.813. The quantitative estimate of drug-likeness (QED) is 0.561. The lowest BCUT2D eigenvalue weighted by atomic mass is 10.4. The van der Waals surface area contributed by atoms with Gasteiger partial charge in [0.05, 0.1) is 19.0 Å². The molecule has 1 aliphatic heterocycles. The standard InChI is InChI=1S/C9H16N6/c10-8-6-13-9(14-8)12-2-1-4-15-5-3-11-7-15/h3,5,7-8H,1-2,4,6,10H2,(H2,12,13,14). The van der Waals surface area contributed by atoms with Gasteiger partial charge in [0.1, 0.15) is 0 Å². The SMILES string of the molecule is NC1CN=C(NCCCn2ccnc2)N1. The monoisotopic (exact) mass is 208 g/mol. The molecule has 0 radical (unpaired) electrons. The molecule has 0 bridgehead atoms. The van der Waals surface area contributed by atoms with Crippen LogP contribution in [0.5, 0.6) is 0 Å². The van der Waals surface area contributed by atoms with Gasteiger partial charge in [-0.05, 0) is 6.42 Å². The van der Waals surface area contributed by atoms with Crippen LogP contribution in [0.15, 0.2) is 23.7 Å². The molecule has 15 heavy (non-hydrogen) atoms. The summed E-state index contributed by atoms with van der Waals surface area (Å²) in [7, 11) is 0. The van der Waals surface area contributed by atoms with Crippen molar-refractivity contribution >= 4 is 5.96 Å². The molecule has 0 aromatic carbocycles. The van der Waals surface area contributed by atoms with E-state index in [0.717, 1.165) is 25.5 Å². The Balaban J connectivity index is 1.60. The van der Waals surface area contributed by atoms with E-state index in [4.69, 9.17) is 5.73 Å². The van der Waals surface area contributed by atoms with Crippen LogP contribution in [0.25, 0.3) is 0 Å². The first-order chi connectivity index (χ1) is 7.34. The summed E-state index contributed by atoms with van der Waals surface area (Å²) in [4.78, 5) is 8.18. The summed E-state index contributed by atoms with van der Waals surface area (Å²) in [6.07, 6.45) is 6.57. The minimum atomic E-state index is -0.0267. The fraction of sp³-hybridized carbons (Fsp3) is 0.556. The van der Waals surface area contributed by atoms with Gasteiger partial charge in [-0.2, -0.15) is 0 Å². The van der Waals surface area contributed by atoms with Gasteiger partial charge < -0.3 is 20.9 Å². The Bertz CT molecular complexity index is 317. The Morgan fingerprint density at radius 1 is 1.67 bits per heavy atom. The smallest absolute Gasteiger partial charge is 0.192 e. The van der Waals surface area contributed by atoms with E-state index in [1.165, 1.54) is 0 Å². The maximum Gasteiger partial charge on any atom is 0.192 e. The highest BCUT2D eigenvalue weighted by molar-refractivity contribution is 5.81. The van der Waals surface area contributed by atoms with Crippen LogP contribution in [0, 0.1) is 0 Å². The number of hydrogen-bond acceptors (Lipinski definition) is 5. The topological polar surface area (TPSA) is 80.3 Å². The molecule has 1 unspecified atom stereocenters. The van der Waals surface area contributed by atoms with Crippen molar-refractivity contribution in [2.45, 2.75) is 19.1 Å². The Morgan fingerprint density at radius 3 is 3.27 bits per heavy atom. The molecule has 4 N–H and O–H groups in total. The molecule has 82 valence electrons. The van der Waals surface area contributed by atoms with E-state index in [2.05, 4.69) is 25.2 Å². The van der Waals surface area contributed by atoms with Gasteiger partial charge in [-0.1, -0.05) is 0 Å². The first-order valence-corrected chi connectivity index (χ1v) is 5.11. The van der Waals surface area contributed by atoms with Crippen molar-refractivity contribution in [3.63, 3.8) is 0 Å². The van der Waals surface area contributed by atoms with Crippen LogP contribution < -0.4 is 16.4 Å². The Labute approximate surface area is 88.6 Å². The molecule has 1 aromatic rings. The molecule has 0 spiro atoms. The average molecular weight is 208 g/mol. The number of nitrogens with one attached hydrogen (secondary N) is 2. The first kappa shape index (κ1) is 9.97. The number of nitrogens with zero attached hydrogens (tertiary/aromatic N) is 3. The number of guanidine groups is 1. The molecular weight excluding hydrogens is 192 g/mol. The number of aromatic nitrogens is 2. The van der Waals surface area contributed by atoms with Crippen LogP contribution in [-0.4, -0.2) is 34.8 Å². The predicted octanol–water partition coefficient (Wildman–Crippen LogP) is -0.893. The Hall–Kier alpha value is -1.56. The third-order valence-corrected chi connectivity index (χ3v) is 2.21. The lowest BCUT2D eigenvalue weighted by Gasteiger charge is -2.08. The molecule has 2 rings (SSSR count). The van der Waals surface area contributed by atoms with Gasteiger partial charge in [-0.25, -0.2) is 9.98 Å². The van der Waals surface area contributed by atoms with Gasteiger partial charge >= 0.3 is 0 Å². The minimum Gasteiger partial charge on any atom is -0.356 e. The third kappa shape index (κ3) is 2.95. The third-order valence-electron chi connectivity index (χ3n) is 2.21. The number of nitrogens with two attached hydrogens (primary N) is 1. The van der Waals surface area contributed by atoms with Crippen molar-refractivity contribution in [2.24, 2.45) is 10.7 Å². The van der Waals surface area contributed by atoms with E-state index >= 15 is 0 Å². The first-order valence-electron chi connectivity index (χ1n) is 5.11. The molecule has 6 heteroatoms. The Morgan fingerprint density at radius 2 is 2.60 bits per heavy atom. The molecule has 2 heterocycles. The summed E-state index contributed by atoms with van der Waals surface area (Å²) in [6.45, 7) is 2.51. The summed E-state index contributed by atoms with van der Waals surface area (Å²) in [5, 5.41) is 6.24. The van der Waals surface area contributed by atoms with Gasteiger partial charge in [0, 0.05) is 25.5 Å². The van der Waals surface area contributed by atoms with Crippen molar-refractivity contribution in [2.75, 3.05) is 13.1 Å². The van der Waals surface area contributed by atoms with Gasteiger partial charge in [-0.15, -0.1) is 0 Å². The van der Waals surface area contributed by atoms with E-state index < -0.39 is 0 Å².